The summed E-state index contributed by atoms with van der Waals surface area (Å²) in [6, 6.07) is 16.6. The van der Waals surface area contributed by atoms with E-state index in [4.69, 9.17) is 0 Å². The summed E-state index contributed by atoms with van der Waals surface area (Å²) < 4.78 is 0. The van der Waals surface area contributed by atoms with E-state index >= 15 is 0 Å². The standard InChI is InChI=1S/C23H29N7/c1-17-6-2-3-7-18(17)28-22(26-16-24)30-13-12-29(15-23(30)10-11-23)21-14-25-19-8-4-5-9-20(19)27-21/h2-9,21-22,25-28H,10-15H2,1H3. The molecule has 0 amide bonds. The number of nitriles is 1. The molecule has 3 aliphatic rings. The molecule has 2 aromatic rings. The Morgan fingerprint density at radius 3 is 2.63 bits per heavy atom. The Kier molecular flexibility index (Phi) is 4.89. The van der Waals surface area contributed by atoms with Crippen LogP contribution in [0.1, 0.15) is 18.4 Å². The number of rotatable bonds is 5. The number of nitrogens with one attached hydrogen (secondary N) is 4. The van der Waals surface area contributed by atoms with Gasteiger partial charge in [0.1, 0.15) is 0 Å². The predicted octanol–water partition coefficient (Wildman–Crippen LogP) is 2.78. The summed E-state index contributed by atoms with van der Waals surface area (Å²) in [6.07, 6.45) is 4.59. The zero-order valence-electron chi connectivity index (χ0n) is 17.4. The van der Waals surface area contributed by atoms with E-state index in [1.807, 2.05) is 12.1 Å². The molecule has 2 heterocycles. The number of piperazine rings is 1. The molecule has 0 aromatic heterocycles. The van der Waals surface area contributed by atoms with E-state index < -0.39 is 0 Å². The molecule has 7 heteroatoms. The fraction of sp³-hybridized carbons (Fsp3) is 0.435. The van der Waals surface area contributed by atoms with Gasteiger partial charge in [-0.25, -0.2) is 0 Å². The third-order valence-electron chi connectivity index (χ3n) is 6.69. The van der Waals surface area contributed by atoms with E-state index in [1.165, 1.54) is 29.8 Å². The van der Waals surface area contributed by atoms with Crippen molar-refractivity contribution in [3.8, 4) is 6.19 Å². The molecule has 4 N–H and O–H groups in total. The number of hydrogen-bond donors (Lipinski definition) is 4. The SMILES string of the molecule is Cc1ccccc1NC(NC#N)N1CCN(C2CNc3ccccc3N2)CC12CC2. The van der Waals surface area contributed by atoms with Crippen molar-refractivity contribution in [2.75, 3.05) is 42.1 Å². The largest absolute Gasteiger partial charge is 0.380 e. The van der Waals surface area contributed by atoms with Gasteiger partial charge >= 0.3 is 0 Å². The highest BCUT2D eigenvalue weighted by molar-refractivity contribution is 5.70. The monoisotopic (exact) mass is 403 g/mol. The maximum absolute atomic E-state index is 9.40. The van der Waals surface area contributed by atoms with Crippen LogP contribution in [-0.4, -0.2) is 54.0 Å². The first-order valence-corrected chi connectivity index (χ1v) is 10.8. The molecule has 2 aliphatic heterocycles. The quantitative estimate of drug-likeness (QED) is 0.347. The molecule has 1 saturated heterocycles. The van der Waals surface area contributed by atoms with E-state index in [1.54, 1.807) is 0 Å². The Morgan fingerprint density at radius 1 is 1.10 bits per heavy atom. The van der Waals surface area contributed by atoms with Crippen molar-refractivity contribution >= 4 is 17.1 Å². The van der Waals surface area contributed by atoms with Crippen LogP contribution in [0.5, 0.6) is 0 Å². The first kappa shape index (κ1) is 19.0. The normalized spacial score (nSPS) is 23.4. The first-order valence-electron chi connectivity index (χ1n) is 10.8. The Morgan fingerprint density at radius 2 is 1.87 bits per heavy atom. The number of hydrogen-bond acceptors (Lipinski definition) is 7. The Hall–Kier alpha value is -2.95. The molecule has 1 spiro atoms. The van der Waals surface area contributed by atoms with E-state index in [-0.39, 0.29) is 18.0 Å². The van der Waals surface area contributed by atoms with Gasteiger partial charge in [0.2, 0.25) is 0 Å². The molecule has 30 heavy (non-hydrogen) atoms. The third-order valence-corrected chi connectivity index (χ3v) is 6.69. The number of nitrogens with zero attached hydrogens (tertiary/aromatic N) is 3. The fourth-order valence-corrected chi connectivity index (χ4v) is 4.84. The Bertz CT molecular complexity index is 949. The summed E-state index contributed by atoms with van der Waals surface area (Å²) in [5.41, 5.74) is 4.72. The summed E-state index contributed by atoms with van der Waals surface area (Å²) in [5.74, 6) is 0. The van der Waals surface area contributed by atoms with Crippen LogP contribution in [0.3, 0.4) is 0 Å². The van der Waals surface area contributed by atoms with Gasteiger partial charge in [-0.3, -0.25) is 15.1 Å². The number of para-hydroxylation sites is 3. The molecule has 0 radical (unpaired) electrons. The second kappa shape index (κ2) is 7.71. The van der Waals surface area contributed by atoms with E-state index in [0.29, 0.717) is 0 Å². The van der Waals surface area contributed by atoms with Crippen LogP contribution in [-0.2, 0) is 0 Å². The van der Waals surface area contributed by atoms with Crippen molar-refractivity contribution in [3.63, 3.8) is 0 Å². The molecule has 0 bridgehead atoms. The van der Waals surface area contributed by atoms with Gasteiger partial charge in [-0.1, -0.05) is 30.3 Å². The number of benzene rings is 2. The topological polar surface area (TPSA) is 78.4 Å². The van der Waals surface area contributed by atoms with Crippen LogP contribution < -0.4 is 21.3 Å². The van der Waals surface area contributed by atoms with Gasteiger partial charge in [-0.15, -0.1) is 0 Å². The van der Waals surface area contributed by atoms with Crippen molar-refractivity contribution in [1.29, 1.82) is 5.26 Å². The van der Waals surface area contributed by atoms with Crippen LogP contribution in [0, 0.1) is 18.4 Å². The van der Waals surface area contributed by atoms with Gasteiger partial charge in [0.25, 0.3) is 0 Å². The van der Waals surface area contributed by atoms with Gasteiger partial charge in [-0.05, 0) is 43.5 Å². The lowest BCUT2D eigenvalue weighted by Crippen LogP contribution is -2.66. The van der Waals surface area contributed by atoms with Crippen molar-refractivity contribution in [3.05, 3.63) is 54.1 Å². The van der Waals surface area contributed by atoms with Crippen molar-refractivity contribution in [2.45, 2.75) is 37.8 Å². The second-order valence-corrected chi connectivity index (χ2v) is 8.59. The molecule has 7 nitrogen and oxygen atoms in total. The van der Waals surface area contributed by atoms with Crippen LogP contribution in [0.4, 0.5) is 17.1 Å². The maximum Gasteiger partial charge on any atom is 0.179 e. The van der Waals surface area contributed by atoms with Crippen LogP contribution in [0.25, 0.3) is 0 Å². The molecular formula is C23H29N7. The van der Waals surface area contributed by atoms with Crippen molar-refractivity contribution in [1.82, 2.24) is 15.1 Å². The summed E-state index contributed by atoms with van der Waals surface area (Å²) >= 11 is 0. The first-order chi connectivity index (χ1) is 14.7. The van der Waals surface area contributed by atoms with Crippen LogP contribution in [0.2, 0.25) is 0 Å². The van der Waals surface area contributed by atoms with Gasteiger partial charge in [-0.2, -0.15) is 5.26 Å². The van der Waals surface area contributed by atoms with Gasteiger partial charge < -0.3 is 16.0 Å². The molecular weight excluding hydrogens is 374 g/mol. The average Bonchev–Trinajstić information content (AvgIpc) is 3.54. The molecule has 156 valence electrons. The average molecular weight is 404 g/mol. The number of anilines is 3. The lowest BCUT2D eigenvalue weighted by atomic mass is 10.1. The van der Waals surface area contributed by atoms with Gasteiger partial charge in [0.05, 0.1) is 17.5 Å². The zero-order chi connectivity index (χ0) is 20.6. The second-order valence-electron chi connectivity index (χ2n) is 8.59. The molecule has 1 aliphatic carbocycles. The highest BCUT2D eigenvalue weighted by atomic mass is 15.5. The third kappa shape index (κ3) is 3.53. The molecule has 2 unspecified atom stereocenters. The predicted molar refractivity (Wildman–Crippen MR) is 120 cm³/mol. The summed E-state index contributed by atoms with van der Waals surface area (Å²) in [6.45, 7) is 5.87. The highest BCUT2D eigenvalue weighted by Crippen LogP contribution is 2.45. The van der Waals surface area contributed by atoms with Gasteiger partial charge in [0, 0.05) is 37.4 Å². The smallest absolute Gasteiger partial charge is 0.179 e. The fourth-order valence-electron chi connectivity index (χ4n) is 4.84. The Balaban J connectivity index is 1.30. The van der Waals surface area contributed by atoms with E-state index in [0.717, 1.165) is 31.9 Å². The number of fused-ring (bicyclic) bond motifs is 1. The number of aryl methyl sites for hydroxylation is 1. The Labute approximate surface area is 178 Å². The maximum atomic E-state index is 9.40. The van der Waals surface area contributed by atoms with Crippen LogP contribution in [0.15, 0.2) is 48.5 Å². The minimum Gasteiger partial charge on any atom is -0.380 e. The zero-order valence-corrected chi connectivity index (χ0v) is 17.4. The molecule has 1 saturated carbocycles. The minimum atomic E-state index is -0.195. The molecule has 5 rings (SSSR count). The lowest BCUT2D eigenvalue weighted by molar-refractivity contribution is 0.0154. The minimum absolute atomic E-state index is 0.126. The lowest BCUT2D eigenvalue weighted by Gasteiger charge is -2.48. The van der Waals surface area contributed by atoms with Crippen molar-refractivity contribution < 1.29 is 0 Å². The highest BCUT2D eigenvalue weighted by Gasteiger charge is 2.54. The molecule has 2 aromatic carbocycles. The molecule has 2 atom stereocenters. The van der Waals surface area contributed by atoms with E-state index in [9.17, 15) is 5.26 Å². The van der Waals surface area contributed by atoms with Gasteiger partial charge in [0.15, 0.2) is 12.5 Å². The van der Waals surface area contributed by atoms with Crippen LogP contribution >= 0.6 is 0 Å². The van der Waals surface area contributed by atoms with E-state index in [2.05, 4.69) is 80.6 Å². The summed E-state index contributed by atoms with van der Waals surface area (Å²) in [4.78, 5) is 5.02. The van der Waals surface area contributed by atoms with Crippen molar-refractivity contribution in [2.24, 2.45) is 0 Å². The summed E-state index contributed by atoms with van der Waals surface area (Å²) in [5, 5.41) is 23.2. The molecule has 2 fully saturated rings. The summed E-state index contributed by atoms with van der Waals surface area (Å²) in [7, 11) is 0.